The van der Waals surface area contributed by atoms with Gasteiger partial charge in [-0.3, -0.25) is 0 Å². The van der Waals surface area contributed by atoms with Gasteiger partial charge in [-0.2, -0.15) is 0 Å². The number of nitrogens with one attached hydrogen (secondary N) is 1. The first-order valence-electron chi connectivity index (χ1n) is 6.01. The van der Waals surface area contributed by atoms with Crippen LogP contribution < -0.4 is 15.8 Å². The van der Waals surface area contributed by atoms with Crippen molar-refractivity contribution >= 4 is 0 Å². The molecule has 102 valence electrons. The molecular weight excluding hydrogens is 238 g/mol. The first kappa shape index (κ1) is 14.9. The summed E-state index contributed by atoms with van der Waals surface area (Å²) in [6, 6.07) is 7.07. The van der Waals surface area contributed by atoms with Crippen LogP contribution in [0.3, 0.4) is 0 Å². The minimum absolute atomic E-state index is 0.0746. The van der Waals surface area contributed by atoms with E-state index < -0.39 is 6.43 Å². The Hall–Kier alpha value is -1.20. The Kier molecular flexibility index (Phi) is 6.01. The lowest BCUT2D eigenvalue weighted by Gasteiger charge is -2.18. The third-order valence-electron chi connectivity index (χ3n) is 2.39. The van der Waals surface area contributed by atoms with Gasteiger partial charge in [0.25, 0.3) is 6.43 Å². The summed E-state index contributed by atoms with van der Waals surface area (Å²) < 4.78 is 29.9. The molecule has 0 heterocycles. The molecule has 0 spiro atoms. The molecule has 0 aliphatic rings. The molecule has 0 aliphatic carbocycles. The minimum Gasteiger partial charge on any atom is -0.491 e. The Morgan fingerprint density at radius 3 is 2.61 bits per heavy atom. The lowest BCUT2D eigenvalue weighted by atomic mass is 10.1. The monoisotopic (exact) mass is 258 g/mol. The molecule has 5 heteroatoms. The molecule has 3 nitrogen and oxygen atoms in total. The summed E-state index contributed by atoms with van der Waals surface area (Å²) in [5.41, 5.74) is 6.45. The number of benzene rings is 1. The zero-order valence-electron chi connectivity index (χ0n) is 10.7. The maximum absolute atomic E-state index is 12.2. The topological polar surface area (TPSA) is 47.3 Å². The van der Waals surface area contributed by atoms with Gasteiger partial charge in [-0.25, -0.2) is 8.78 Å². The fourth-order valence-corrected chi connectivity index (χ4v) is 1.65. The van der Waals surface area contributed by atoms with Crippen LogP contribution in [0.15, 0.2) is 24.3 Å². The van der Waals surface area contributed by atoms with E-state index in [0.29, 0.717) is 0 Å². The highest BCUT2D eigenvalue weighted by molar-refractivity contribution is 5.31. The summed E-state index contributed by atoms with van der Waals surface area (Å²) in [5.74, 6) is 0.722. The summed E-state index contributed by atoms with van der Waals surface area (Å²) in [7, 11) is 0. The molecule has 0 saturated carbocycles. The summed E-state index contributed by atoms with van der Waals surface area (Å²) in [4.78, 5) is 0. The second kappa shape index (κ2) is 7.28. The minimum atomic E-state index is -2.38. The quantitative estimate of drug-likeness (QED) is 0.789. The second-order valence-electron chi connectivity index (χ2n) is 4.33. The normalized spacial score (nSPS) is 13.1. The van der Waals surface area contributed by atoms with E-state index in [1.807, 2.05) is 38.1 Å². The SMILES string of the molecule is CC(C)Oc1cccc(C(CN)NCC(F)F)c1. The van der Waals surface area contributed by atoms with E-state index in [9.17, 15) is 8.78 Å². The second-order valence-corrected chi connectivity index (χ2v) is 4.33. The molecular formula is C13H20F2N2O. The average molecular weight is 258 g/mol. The molecule has 0 amide bonds. The standard InChI is InChI=1S/C13H20F2N2O/c1-9(2)18-11-5-3-4-10(6-11)12(7-16)17-8-13(14)15/h3-6,9,12-13,17H,7-8,16H2,1-2H3. The van der Waals surface area contributed by atoms with Crippen LogP contribution in [-0.4, -0.2) is 25.6 Å². The van der Waals surface area contributed by atoms with Gasteiger partial charge in [0.05, 0.1) is 12.6 Å². The molecule has 18 heavy (non-hydrogen) atoms. The van der Waals surface area contributed by atoms with Crippen molar-refractivity contribution in [2.75, 3.05) is 13.1 Å². The van der Waals surface area contributed by atoms with Gasteiger partial charge in [-0.15, -0.1) is 0 Å². The van der Waals surface area contributed by atoms with Crippen LogP contribution in [0.1, 0.15) is 25.5 Å². The van der Waals surface area contributed by atoms with E-state index in [1.165, 1.54) is 0 Å². The fourth-order valence-electron chi connectivity index (χ4n) is 1.65. The summed E-state index contributed by atoms with van der Waals surface area (Å²) in [6.07, 6.45) is -2.31. The molecule has 1 aromatic carbocycles. The van der Waals surface area contributed by atoms with Gasteiger partial charge in [0.2, 0.25) is 0 Å². The zero-order valence-corrected chi connectivity index (χ0v) is 10.7. The van der Waals surface area contributed by atoms with Gasteiger partial charge < -0.3 is 15.8 Å². The highest BCUT2D eigenvalue weighted by Gasteiger charge is 2.12. The zero-order chi connectivity index (χ0) is 13.5. The van der Waals surface area contributed by atoms with E-state index in [0.717, 1.165) is 11.3 Å². The number of rotatable bonds is 7. The van der Waals surface area contributed by atoms with Gasteiger partial charge in [-0.05, 0) is 31.5 Å². The third kappa shape index (κ3) is 4.98. The van der Waals surface area contributed by atoms with Crippen molar-refractivity contribution < 1.29 is 13.5 Å². The molecule has 3 N–H and O–H groups in total. The predicted molar refractivity (Wildman–Crippen MR) is 68.0 cm³/mol. The molecule has 0 bridgehead atoms. The van der Waals surface area contributed by atoms with Crippen molar-refractivity contribution in [1.29, 1.82) is 0 Å². The molecule has 1 aromatic rings. The molecule has 1 atom stereocenters. The molecule has 0 saturated heterocycles. The Bertz CT molecular complexity index is 359. The van der Waals surface area contributed by atoms with E-state index in [1.54, 1.807) is 0 Å². The third-order valence-corrected chi connectivity index (χ3v) is 2.39. The van der Waals surface area contributed by atoms with Gasteiger partial charge in [0.15, 0.2) is 0 Å². The molecule has 0 radical (unpaired) electrons. The predicted octanol–water partition coefficient (Wildman–Crippen LogP) is 2.33. The number of halogens is 2. The van der Waals surface area contributed by atoms with E-state index in [-0.39, 0.29) is 25.2 Å². The van der Waals surface area contributed by atoms with E-state index >= 15 is 0 Å². The van der Waals surface area contributed by atoms with Crippen LogP contribution in [0.4, 0.5) is 8.78 Å². The largest absolute Gasteiger partial charge is 0.491 e. The number of nitrogens with two attached hydrogens (primary N) is 1. The highest BCUT2D eigenvalue weighted by Crippen LogP contribution is 2.20. The smallest absolute Gasteiger partial charge is 0.250 e. The average Bonchev–Trinajstić information content (AvgIpc) is 2.29. The Morgan fingerprint density at radius 2 is 2.06 bits per heavy atom. The van der Waals surface area contributed by atoms with Crippen LogP contribution in [0.5, 0.6) is 5.75 Å². The lowest BCUT2D eigenvalue weighted by molar-refractivity contribution is 0.141. The molecule has 0 aromatic heterocycles. The first-order chi connectivity index (χ1) is 8.52. The highest BCUT2D eigenvalue weighted by atomic mass is 19.3. The fraction of sp³-hybridized carbons (Fsp3) is 0.538. The molecule has 0 aliphatic heterocycles. The van der Waals surface area contributed by atoms with Crippen molar-refractivity contribution in [1.82, 2.24) is 5.32 Å². The molecule has 1 unspecified atom stereocenters. The van der Waals surface area contributed by atoms with Crippen molar-refractivity contribution in [3.05, 3.63) is 29.8 Å². The lowest BCUT2D eigenvalue weighted by Crippen LogP contribution is -2.31. The van der Waals surface area contributed by atoms with Crippen LogP contribution >= 0.6 is 0 Å². The Labute approximate surface area is 106 Å². The first-order valence-corrected chi connectivity index (χ1v) is 6.01. The Balaban J connectivity index is 2.72. The number of hydrogen-bond donors (Lipinski definition) is 2. The van der Waals surface area contributed by atoms with Crippen LogP contribution in [-0.2, 0) is 0 Å². The number of hydrogen-bond acceptors (Lipinski definition) is 3. The maximum atomic E-state index is 12.2. The number of alkyl halides is 2. The summed E-state index contributed by atoms with van der Waals surface area (Å²) in [5, 5.41) is 2.74. The van der Waals surface area contributed by atoms with Crippen molar-refractivity contribution in [2.45, 2.75) is 32.4 Å². The van der Waals surface area contributed by atoms with Gasteiger partial charge in [0.1, 0.15) is 5.75 Å². The van der Waals surface area contributed by atoms with Gasteiger partial charge in [-0.1, -0.05) is 12.1 Å². The van der Waals surface area contributed by atoms with E-state index in [2.05, 4.69) is 5.32 Å². The molecule has 1 rings (SSSR count). The van der Waals surface area contributed by atoms with Crippen molar-refractivity contribution in [3.8, 4) is 5.75 Å². The van der Waals surface area contributed by atoms with E-state index in [4.69, 9.17) is 10.5 Å². The molecule has 0 fully saturated rings. The van der Waals surface area contributed by atoms with Crippen LogP contribution in [0, 0.1) is 0 Å². The summed E-state index contributed by atoms with van der Waals surface area (Å²) in [6.45, 7) is 3.76. The van der Waals surface area contributed by atoms with Crippen molar-refractivity contribution in [3.63, 3.8) is 0 Å². The number of ether oxygens (including phenoxy) is 1. The van der Waals surface area contributed by atoms with Gasteiger partial charge >= 0.3 is 0 Å². The van der Waals surface area contributed by atoms with Crippen LogP contribution in [0.25, 0.3) is 0 Å². The summed E-state index contributed by atoms with van der Waals surface area (Å²) >= 11 is 0. The maximum Gasteiger partial charge on any atom is 0.250 e. The van der Waals surface area contributed by atoms with Gasteiger partial charge in [0, 0.05) is 12.6 Å². The van der Waals surface area contributed by atoms with Crippen molar-refractivity contribution in [2.24, 2.45) is 5.73 Å². The van der Waals surface area contributed by atoms with Crippen LogP contribution in [0.2, 0.25) is 0 Å². The Morgan fingerprint density at radius 1 is 1.33 bits per heavy atom.